The van der Waals surface area contributed by atoms with E-state index in [2.05, 4.69) is 21.2 Å². The van der Waals surface area contributed by atoms with Crippen LogP contribution in [-0.4, -0.2) is 25.0 Å². The fourth-order valence-electron chi connectivity index (χ4n) is 1.61. The number of hydrogen-bond donors (Lipinski definition) is 1. The average Bonchev–Trinajstić information content (AvgIpc) is 2.32. The minimum absolute atomic E-state index is 0.103. The number of nitrogens with one attached hydrogen (secondary N) is 1. The molecule has 108 valence electrons. The number of thioether (sulfide) groups is 1. The first-order valence-corrected chi connectivity index (χ1v) is 7.81. The van der Waals surface area contributed by atoms with Gasteiger partial charge in [-0.05, 0) is 38.1 Å². The molecule has 0 aromatic heterocycles. The Balaban J connectivity index is 2.32. The maximum absolute atomic E-state index is 12.1. The monoisotopic (exact) mass is 355 g/mol. The molecule has 0 amide bonds. The molecule has 1 aromatic rings. The van der Waals surface area contributed by atoms with Crippen molar-refractivity contribution in [2.24, 2.45) is 0 Å². The first-order chi connectivity index (χ1) is 8.90. The van der Waals surface area contributed by atoms with Gasteiger partial charge in [0.1, 0.15) is 0 Å². The highest BCUT2D eigenvalue weighted by atomic mass is 79.9. The zero-order valence-corrected chi connectivity index (χ0v) is 13.0. The van der Waals surface area contributed by atoms with Gasteiger partial charge < -0.3 is 5.32 Å². The van der Waals surface area contributed by atoms with Gasteiger partial charge in [0.25, 0.3) is 0 Å². The largest absolute Gasteiger partial charge is 0.389 e. The minimum Gasteiger partial charge on any atom is -0.316 e. The third-order valence-corrected chi connectivity index (χ3v) is 4.32. The number of halogens is 4. The standard InChI is InChI=1S/C13H17BrF3NS/c1-18-11(5-3-7-13(15,16)17)9-19-12-6-2-4-10(14)8-12/h2,4,6,8,11,18H,3,5,7,9H2,1H3. The summed E-state index contributed by atoms with van der Waals surface area (Å²) in [6.45, 7) is 0. The van der Waals surface area contributed by atoms with Crippen LogP contribution in [0.3, 0.4) is 0 Å². The SMILES string of the molecule is CNC(CCCC(F)(F)F)CSc1cccc(Br)c1. The zero-order chi connectivity index (χ0) is 14.3. The van der Waals surface area contributed by atoms with Crippen molar-refractivity contribution in [3.05, 3.63) is 28.7 Å². The molecular formula is C13H17BrF3NS. The molecule has 1 N–H and O–H groups in total. The van der Waals surface area contributed by atoms with Crippen LogP contribution in [0.2, 0.25) is 0 Å². The highest BCUT2D eigenvalue weighted by Gasteiger charge is 2.26. The van der Waals surface area contributed by atoms with Crippen molar-refractivity contribution in [2.75, 3.05) is 12.8 Å². The van der Waals surface area contributed by atoms with Gasteiger partial charge >= 0.3 is 6.18 Å². The second-order valence-corrected chi connectivity index (χ2v) is 6.27. The molecule has 1 unspecified atom stereocenters. The van der Waals surface area contributed by atoms with Gasteiger partial charge in [0.2, 0.25) is 0 Å². The molecule has 6 heteroatoms. The number of alkyl halides is 3. The van der Waals surface area contributed by atoms with Gasteiger partial charge in [-0.15, -0.1) is 11.8 Å². The lowest BCUT2D eigenvalue weighted by atomic mass is 10.1. The van der Waals surface area contributed by atoms with Crippen LogP contribution in [0.15, 0.2) is 33.6 Å². The van der Waals surface area contributed by atoms with E-state index in [0.29, 0.717) is 6.42 Å². The molecule has 0 radical (unpaired) electrons. The van der Waals surface area contributed by atoms with Gasteiger partial charge in [-0.25, -0.2) is 0 Å². The maximum Gasteiger partial charge on any atom is 0.389 e. The molecule has 1 aromatic carbocycles. The summed E-state index contributed by atoms with van der Waals surface area (Å²) < 4.78 is 37.2. The van der Waals surface area contributed by atoms with Crippen molar-refractivity contribution in [1.29, 1.82) is 0 Å². The molecule has 0 bridgehead atoms. The summed E-state index contributed by atoms with van der Waals surface area (Å²) in [4.78, 5) is 1.12. The summed E-state index contributed by atoms with van der Waals surface area (Å²) in [6, 6.07) is 8.00. The summed E-state index contributed by atoms with van der Waals surface area (Å²) in [5.41, 5.74) is 0. The van der Waals surface area contributed by atoms with E-state index in [-0.39, 0.29) is 12.5 Å². The number of rotatable bonds is 7. The summed E-state index contributed by atoms with van der Waals surface area (Å²) in [6.07, 6.45) is -4.03. The second kappa shape index (κ2) is 8.17. The second-order valence-electron chi connectivity index (χ2n) is 4.26. The molecule has 0 aliphatic carbocycles. The van der Waals surface area contributed by atoms with E-state index in [0.717, 1.165) is 15.1 Å². The van der Waals surface area contributed by atoms with Crippen LogP contribution in [0.25, 0.3) is 0 Å². The van der Waals surface area contributed by atoms with Crippen molar-refractivity contribution in [2.45, 2.75) is 36.4 Å². The summed E-state index contributed by atoms with van der Waals surface area (Å²) in [5.74, 6) is 0.769. The molecule has 0 heterocycles. The molecule has 0 aliphatic heterocycles. The Bertz CT molecular complexity index is 384. The quantitative estimate of drug-likeness (QED) is 0.700. The van der Waals surface area contributed by atoms with Crippen LogP contribution in [-0.2, 0) is 0 Å². The highest BCUT2D eigenvalue weighted by Crippen LogP contribution is 2.25. The Labute approximate surface area is 124 Å². The highest BCUT2D eigenvalue weighted by molar-refractivity contribution is 9.10. The Morgan fingerprint density at radius 1 is 1.37 bits per heavy atom. The van der Waals surface area contributed by atoms with Crippen molar-refractivity contribution in [3.63, 3.8) is 0 Å². The number of benzene rings is 1. The van der Waals surface area contributed by atoms with Gasteiger partial charge in [0, 0.05) is 27.6 Å². The molecule has 0 fully saturated rings. The Morgan fingerprint density at radius 2 is 2.11 bits per heavy atom. The number of hydrogen-bond acceptors (Lipinski definition) is 2. The van der Waals surface area contributed by atoms with E-state index < -0.39 is 12.6 Å². The first-order valence-electron chi connectivity index (χ1n) is 6.03. The van der Waals surface area contributed by atoms with Crippen LogP contribution in [0.1, 0.15) is 19.3 Å². The lowest BCUT2D eigenvalue weighted by Crippen LogP contribution is -2.28. The molecule has 1 rings (SSSR count). The minimum atomic E-state index is -4.05. The van der Waals surface area contributed by atoms with Gasteiger partial charge in [-0.2, -0.15) is 13.2 Å². The lowest BCUT2D eigenvalue weighted by molar-refractivity contribution is -0.135. The fourth-order valence-corrected chi connectivity index (χ4v) is 3.28. The Kier molecular flexibility index (Phi) is 7.25. The molecular weight excluding hydrogens is 339 g/mol. The first kappa shape index (κ1) is 16.9. The predicted octanol–water partition coefficient (Wildman–Crippen LogP) is 4.86. The Hall–Kier alpha value is -0.200. The van der Waals surface area contributed by atoms with Crippen LogP contribution in [0.5, 0.6) is 0 Å². The van der Waals surface area contributed by atoms with E-state index >= 15 is 0 Å². The molecule has 0 spiro atoms. The van der Waals surface area contributed by atoms with Crippen molar-refractivity contribution in [1.82, 2.24) is 5.32 Å². The van der Waals surface area contributed by atoms with Crippen LogP contribution in [0.4, 0.5) is 13.2 Å². The van der Waals surface area contributed by atoms with Gasteiger partial charge in [0.05, 0.1) is 0 Å². The molecule has 0 saturated carbocycles. The Morgan fingerprint density at radius 3 is 2.68 bits per heavy atom. The van der Waals surface area contributed by atoms with Gasteiger partial charge in [0.15, 0.2) is 0 Å². The van der Waals surface area contributed by atoms with E-state index in [4.69, 9.17) is 0 Å². The molecule has 1 atom stereocenters. The van der Waals surface area contributed by atoms with Crippen molar-refractivity contribution < 1.29 is 13.2 Å². The van der Waals surface area contributed by atoms with E-state index in [1.165, 1.54) is 0 Å². The smallest absolute Gasteiger partial charge is 0.316 e. The van der Waals surface area contributed by atoms with Gasteiger partial charge in [-0.1, -0.05) is 22.0 Å². The maximum atomic E-state index is 12.1. The summed E-state index contributed by atoms with van der Waals surface area (Å²) >= 11 is 5.05. The lowest BCUT2D eigenvalue weighted by Gasteiger charge is -2.16. The molecule has 0 saturated heterocycles. The summed E-state index contributed by atoms with van der Waals surface area (Å²) in [7, 11) is 1.79. The molecule has 0 aliphatic rings. The van der Waals surface area contributed by atoms with Crippen LogP contribution < -0.4 is 5.32 Å². The fraction of sp³-hybridized carbons (Fsp3) is 0.538. The van der Waals surface area contributed by atoms with Crippen LogP contribution in [0, 0.1) is 0 Å². The third kappa shape index (κ3) is 7.84. The van der Waals surface area contributed by atoms with E-state index in [1.807, 2.05) is 24.3 Å². The van der Waals surface area contributed by atoms with Crippen molar-refractivity contribution in [3.8, 4) is 0 Å². The normalized spacial score (nSPS) is 13.5. The summed E-state index contributed by atoms with van der Waals surface area (Å²) in [5, 5.41) is 3.07. The predicted molar refractivity (Wildman–Crippen MR) is 77.6 cm³/mol. The van der Waals surface area contributed by atoms with E-state index in [1.54, 1.807) is 18.8 Å². The zero-order valence-electron chi connectivity index (χ0n) is 10.6. The molecule has 1 nitrogen and oxygen atoms in total. The molecule has 19 heavy (non-hydrogen) atoms. The topological polar surface area (TPSA) is 12.0 Å². The average molecular weight is 356 g/mol. The van der Waals surface area contributed by atoms with Gasteiger partial charge in [-0.3, -0.25) is 0 Å². The van der Waals surface area contributed by atoms with E-state index in [9.17, 15) is 13.2 Å². The van der Waals surface area contributed by atoms with Crippen LogP contribution >= 0.6 is 27.7 Å². The van der Waals surface area contributed by atoms with Crippen molar-refractivity contribution >= 4 is 27.7 Å². The third-order valence-electron chi connectivity index (χ3n) is 2.67.